The molecular formula is C8H18N2O3. The molecule has 0 aromatic carbocycles. The van der Waals surface area contributed by atoms with Crippen LogP contribution in [0.2, 0.25) is 0 Å². The Morgan fingerprint density at radius 2 is 2.23 bits per heavy atom. The van der Waals surface area contributed by atoms with Gasteiger partial charge in [-0.2, -0.15) is 0 Å². The first-order valence-corrected chi connectivity index (χ1v) is 4.13. The second-order valence-corrected chi connectivity index (χ2v) is 3.29. The Hall–Kier alpha value is -0.650. The van der Waals surface area contributed by atoms with Gasteiger partial charge in [-0.3, -0.25) is 0 Å². The number of aliphatic hydroxyl groups is 1. The maximum Gasteiger partial charge on any atom is 0.338 e. The number of likely N-dealkylation sites (N-methyl/N-ethyl adjacent to an activating group) is 1. The molecule has 0 rings (SSSR count). The third kappa shape index (κ3) is 4.21. The maximum atomic E-state index is 11.0. The van der Waals surface area contributed by atoms with E-state index in [4.69, 9.17) is 5.73 Å². The topological polar surface area (TPSA) is 75.8 Å². The molecule has 1 unspecified atom stereocenters. The van der Waals surface area contributed by atoms with Crippen molar-refractivity contribution in [2.75, 3.05) is 33.8 Å². The highest BCUT2D eigenvalue weighted by atomic mass is 16.5. The Morgan fingerprint density at radius 1 is 1.69 bits per heavy atom. The van der Waals surface area contributed by atoms with Crippen molar-refractivity contribution in [3.8, 4) is 0 Å². The molecule has 0 heterocycles. The molecular weight excluding hydrogens is 172 g/mol. The lowest BCUT2D eigenvalue weighted by molar-refractivity contribution is -0.161. The van der Waals surface area contributed by atoms with Gasteiger partial charge >= 0.3 is 5.97 Å². The molecule has 0 fully saturated rings. The van der Waals surface area contributed by atoms with Crippen LogP contribution in [0.3, 0.4) is 0 Å². The van der Waals surface area contributed by atoms with E-state index in [1.54, 1.807) is 11.9 Å². The second kappa shape index (κ2) is 5.16. The fourth-order valence-electron chi connectivity index (χ4n) is 1.11. The third-order valence-electron chi connectivity index (χ3n) is 1.71. The summed E-state index contributed by atoms with van der Waals surface area (Å²) in [5, 5.41) is 9.62. The molecule has 13 heavy (non-hydrogen) atoms. The molecule has 0 saturated heterocycles. The van der Waals surface area contributed by atoms with E-state index in [0.29, 0.717) is 13.1 Å². The van der Waals surface area contributed by atoms with Crippen molar-refractivity contribution >= 4 is 5.97 Å². The molecule has 78 valence electrons. The number of esters is 1. The minimum absolute atomic E-state index is 0.219. The van der Waals surface area contributed by atoms with Crippen molar-refractivity contribution in [3.05, 3.63) is 0 Å². The van der Waals surface area contributed by atoms with Gasteiger partial charge in [-0.05, 0) is 14.0 Å². The van der Waals surface area contributed by atoms with Crippen LogP contribution >= 0.6 is 0 Å². The van der Waals surface area contributed by atoms with Crippen molar-refractivity contribution in [2.24, 2.45) is 5.73 Å². The van der Waals surface area contributed by atoms with Crippen molar-refractivity contribution in [1.82, 2.24) is 4.90 Å². The smallest absolute Gasteiger partial charge is 0.338 e. The van der Waals surface area contributed by atoms with E-state index < -0.39 is 11.6 Å². The number of carbonyl (C=O) groups excluding carboxylic acids is 1. The number of nitrogens with two attached hydrogens (primary N) is 1. The zero-order valence-electron chi connectivity index (χ0n) is 8.41. The van der Waals surface area contributed by atoms with Gasteiger partial charge in [0.2, 0.25) is 0 Å². The fraction of sp³-hybridized carbons (Fsp3) is 0.875. The summed E-state index contributed by atoms with van der Waals surface area (Å²) in [5.74, 6) is -0.628. The fourth-order valence-corrected chi connectivity index (χ4v) is 1.11. The van der Waals surface area contributed by atoms with E-state index in [9.17, 15) is 9.90 Å². The van der Waals surface area contributed by atoms with Crippen LogP contribution in [0.25, 0.3) is 0 Å². The molecule has 0 aliphatic rings. The van der Waals surface area contributed by atoms with Crippen LogP contribution in [0.1, 0.15) is 6.92 Å². The summed E-state index contributed by atoms with van der Waals surface area (Å²) >= 11 is 0. The van der Waals surface area contributed by atoms with Crippen molar-refractivity contribution in [1.29, 1.82) is 0 Å². The Bertz CT molecular complexity index is 171. The largest absolute Gasteiger partial charge is 0.467 e. The predicted octanol–water partition coefficient (Wildman–Crippen LogP) is -1.20. The van der Waals surface area contributed by atoms with Gasteiger partial charge in [0.15, 0.2) is 5.60 Å². The Labute approximate surface area is 78.5 Å². The number of methoxy groups -OCH3 is 1. The van der Waals surface area contributed by atoms with Crippen LogP contribution in [0.4, 0.5) is 0 Å². The maximum absolute atomic E-state index is 11.0. The monoisotopic (exact) mass is 190 g/mol. The lowest BCUT2D eigenvalue weighted by atomic mass is 10.1. The summed E-state index contributed by atoms with van der Waals surface area (Å²) in [5.41, 5.74) is 3.86. The number of nitrogens with zero attached hydrogens (tertiary/aromatic N) is 1. The molecule has 0 saturated carbocycles. The molecule has 0 radical (unpaired) electrons. The lowest BCUT2D eigenvalue weighted by Crippen LogP contribution is -2.47. The van der Waals surface area contributed by atoms with Crippen LogP contribution in [0, 0.1) is 0 Å². The number of ether oxygens (including phenoxy) is 1. The van der Waals surface area contributed by atoms with E-state index in [2.05, 4.69) is 4.74 Å². The number of hydrogen-bond donors (Lipinski definition) is 2. The highest BCUT2D eigenvalue weighted by Crippen LogP contribution is 2.06. The molecule has 0 amide bonds. The van der Waals surface area contributed by atoms with Gasteiger partial charge in [0.05, 0.1) is 7.11 Å². The highest BCUT2D eigenvalue weighted by molar-refractivity contribution is 5.78. The van der Waals surface area contributed by atoms with E-state index in [-0.39, 0.29) is 6.54 Å². The number of carbonyl (C=O) groups is 1. The second-order valence-electron chi connectivity index (χ2n) is 3.29. The standard InChI is InChI=1S/C8H18N2O3/c1-8(12,7(11)13-3)6-10(2)5-4-9/h12H,4-6,9H2,1-3H3. The van der Waals surface area contributed by atoms with Crippen molar-refractivity contribution in [3.63, 3.8) is 0 Å². The number of rotatable bonds is 5. The summed E-state index contributed by atoms with van der Waals surface area (Å²) in [4.78, 5) is 12.8. The van der Waals surface area contributed by atoms with E-state index in [1.165, 1.54) is 14.0 Å². The summed E-state index contributed by atoms with van der Waals surface area (Å²) < 4.78 is 4.45. The molecule has 0 aliphatic carbocycles. The molecule has 0 aromatic heterocycles. The minimum Gasteiger partial charge on any atom is -0.467 e. The van der Waals surface area contributed by atoms with E-state index in [0.717, 1.165) is 0 Å². The molecule has 0 spiro atoms. The lowest BCUT2D eigenvalue weighted by Gasteiger charge is -2.26. The zero-order valence-corrected chi connectivity index (χ0v) is 8.41. The first-order chi connectivity index (χ1) is 5.94. The summed E-state index contributed by atoms with van der Waals surface area (Å²) in [7, 11) is 3.03. The minimum atomic E-state index is -1.46. The van der Waals surface area contributed by atoms with Crippen molar-refractivity contribution in [2.45, 2.75) is 12.5 Å². The van der Waals surface area contributed by atoms with Crippen LogP contribution in [-0.2, 0) is 9.53 Å². The normalized spacial score (nSPS) is 15.5. The quantitative estimate of drug-likeness (QED) is 0.533. The molecule has 0 aromatic rings. The predicted molar refractivity (Wildman–Crippen MR) is 49.2 cm³/mol. The molecule has 5 nitrogen and oxygen atoms in total. The summed E-state index contributed by atoms with van der Waals surface area (Å²) in [6.45, 7) is 2.77. The molecule has 5 heteroatoms. The SMILES string of the molecule is COC(=O)C(C)(O)CN(C)CCN. The summed E-state index contributed by atoms with van der Waals surface area (Å²) in [6, 6.07) is 0. The van der Waals surface area contributed by atoms with E-state index >= 15 is 0 Å². The van der Waals surface area contributed by atoms with Gasteiger partial charge in [-0.1, -0.05) is 0 Å². The van der Waals surface area contributed by atoms with Gasteiger partial charge in [0, 0.05) is 19.6 Å². The first kappa shape index (κ1) is 12.3. The molecule has 1 atom stereocenters. The first-order valence-electron chi connectivity index (χ1n) is 4.13. The zero-order chi connectivity index (χ0) is 10.5. The highest BCUT2D eigenvalue weighted by Gasteiger charge is 2.32. The van der Waals surface area contributed by atoms with Gasteiger partial charge < -0.3 is 20.5 Å². The third-order valence-corrected chi connectivity index (χ3v) is 1.71. The van der Waals surface area contributed by atoms with Crippen LogP contribution in [0.5, 0.6) is 0 Å². The Morgan fingerprint density at radius 3 is 2.62 bits per heavy atom. The molecule has 3 N–H and O–H groups in total. The van der Waals surface area contributed by atoms with Crippen LogP contribution in [-0.4, -0.2) is 55.4 Å². The van der Waals surface area contributed by atoms with Crippen LogP contribution < -0.4 is 5.73 Å². The van der Waals surface area contributed by atoms with Gasteiger partial charge in [-0.25, -0.2) is 4.79 Å². The Balaban J connectivity index is 4.07. The summed E-state index contributed by atoms with van der Waals surface area (Å²) in [6.07, 6.45) is 0. The molecule has 0 aliphatic heterocycles. The van der Waals surface area contributed by atoms with Gasteiger partial charge in [-0.15, -0.1) is 0 Å². The van der Waals surface area contributed by atoms with Gasteiger partial charge in [0.25, 0.3) is 0 Å². The average molecular weight is 190 g/mol. The van der Waals surface area contributed by atoms with Gasteiger partial charge in [0.1, 0.15) is 0 Å². The number of hydrogen-bond acceptors (Lipinski definition) is 5. The average Bonchev–Trinajstić information content (AvgIpc) is 2.02. The van der Waals surface area contributed by atoms with Crippen LogP contribution in [0.15, 0.2) is 0 Å². The molecule has 0 bridgehead atoms. The van der Waals surface area contributed by atoms with E-state index in [1.807, 2.05) is 0 Å². The Kier molecular flexibility index (Phi) is 4.90. The van der Waals surface area contributed by atoms with Crippen molar-refractivity contribution < 1.29 is 14.6 Å².